The van der Waals surface area contributed by atoms with E-state index >= 15 is 0 Å². The third kappa shape index (κ3) is 3.84. The monoisotopic (exact) mass is 210 g/mol. The highest BCUT2D eigenvalue weighted by Crippen LogP contribution is 2.18. The molecule has 1 rings (SSSR count). The van der Waals surface area contributed by atoms with Crippen LogP contribution in [0.1, 0.15) is 26.7 Å². The molecular weight excluding hydrogens is 193 g/mol. The van der Waals surface area contributed by atoms with Crippen LogP contribution in [0.4, 0.5) is 13.2 Å². The van der Waals surface area contributed by atoms with Crippen molar-refractivity contribution in [3.05, 3.63) is 0 Å². The lowest BCUT2D eigenvalue weighted by Gasteiger charge is -2.36. The van der Waals surface area contributed by atoms with E-state index in [0.717, 1.165) is 13.0 Å². The number of nitrogens with one attached hydrogen (secondary N) is 1. The standard InChI is InChI=1S/C9H17F3N2/c1-7(2)14-5-3-4-8(6-14)13-9(10,11)12/h7-8,13H,3-6H2,1-2H3/t8-/m1/s1. The van der Waals surface area contributed by atoms with Gasteiger partial charge < -0.3 is 0 Å². The normalized spacial score (nSPS) is 25.7. The summed E-state index contributed by atoms with van der Waals surface area (Å²) in [6.45, 7) is 5.43. The maximum Gasteiger partial charge on any atom is 0.457 e. The highest BCUT2D eigenvalue weighted by Gasteiger charge is 2.33. The second kappa shape index (κ2) is 4.49. The van der Waals surface area contributed by atoms with Crippen LogP contribution in [-0.4, -0.2) is 36.4 Å². The topological polar surface area (TPSA) is 15.3 Å². The lowest BCUT2D eigenvalue weighted by molar-refractivity contribution is -0.167. The molecule has 14 heavy (non-hydrogen) atoms. The van der Waals surface area contributed by atoms with Gasteiger partial charge in [-0.1, -0.05) is 0 Å². The number of alkyl halides is 3. The van der Waals surface area contributed by atoms with Gasteiger partial charge in [-0.25, -0.2) is 5.32 Å². The minimum atomic E-state index is -4.25. The van der Waals surface area contributed by atoms with Gasteiger partial charge in [-0.2, -0.15) is 13.2 Å². The highest BCUT2D eigenvalue weighted by molar-refractivity contribution is 4.80. The van der Waals surface area contributed by atoms with Crippen LogP contribution in [0.2, 0.25) is 0 Å². The Morgan fingerprint density at radius 2 is 2.00 bits per heavy atom. The van der Waals surface area contributed by atoms with Gasteiger partial charge in [0.2, 0.25) is 0 Å². The number of rotatable bonds is 2. The molecule has 1 heterocycles. The maximum absolute atomic E-state index is 12.0. The fourth-order valence-corrected chi connectivity index (χ4v) is 1.82. The Labute approximate surface area is 82.5 Å². The molecule has 0 bridgehead atoms. The Morgan fingerprint density at radius 3 is 2.50 bits per heavy atom. The summed E-state index contributed by atoms with van der Waals surface area (Å²) in [5.41, 5.74) is 0. The van der Waals surface area contributed by atoms with Gasteiger partial charge in [0.1, 0.15) is 0 Å². The second-order valence-electron chi connectivity index (χ2n) is 4.07. The first-order valence-electron chi connectivity index (χ1n) is 4.97. The van der Waals surface area contributed by atoms with E-state index < -0.39 is 12.3 Å². The average Bonchev–Trinajstić information content (AvgIpc) is 2.01. The van der Waals surface area contributed by atoms with Gasteiger partial charge >= 0.3 is 6.30 Å². The van der Waals surface area contributed by atoms with Crippen molar-refractivity contribution in [2.45, 2.75) is 45.1 Å². The predicted octanol–water partition coefficient (Wildman–Crippen LogP) is 1.97. The van der Waals surface area contributed by atoms with Crippen LogP contribution in [0, 0.1) is 0 Å². The van der Waals surface area contributed by atoms with Gasteiger partial charge in [0.15, 0.2) is 0 Å². The third-order valence-electron chi connectivity index (χ3n) is 2.55. The molecule has 0 aromatic carbocycles. The molecule has 1 aliphatic rings. The Bertz CT molecular complexity index is 179. The minimum absolute atomic E-state index is 0.327. The van der Waals surface area contributed by atoms with Crippen molar-refractivity contribution in [2.75, 3.05) is 13.1 Å². The molecule has 0 radical (unpaired) electrons. The second-order valence-corrected chi connectivity index (χ2v) is 4.07. The van der Waals surface area contributed by atoms with E-state index in [1.165, 1.54) is 0 Å². The quantitative estimate of drug-likeness (QED) is 0.701. The van der Waals surface area contributed by atoms with Crippen molar-refractivity contribution in [1.29, 1.82) is 0 Å². The SMILES string of the molecule is CC(C)N1CCC[C@@H](NC(F)(F)F)C1. The summed E-state index contributed by atoms with van der Waals surface area (Å²) in [6, 6.07) is -0.112. The lowest BCUT2D eigenvalue weighted by atomic mass is 10.0. The van der Waals surface area contributed by atoms with E-state index in [9.17, 15) is 13.2 Å². The molecule has 0 spiro atoms. The first kappa shape index (κ1) is 11.8. The lowest BCUT2D eigenvalue weighted by Crippen LogP contribution is -2.52. The van der Waals surface area contributed by atoms with E-state index in [-0.39, 0.29) is 0 Å². The molecule has 0 unspecified atom stereocenters. The van der Waals surface area contributed by atoms with E-state index in [2.05, 4.69) is 4.90 Å². The van der Waals surface area contributed by atoms with Crippen molar-refractivity contribution in [3.63, 3.8) is 0 Å². The zero-order valence-corrected chi connectivity index (χ0v) is 8.56. The molecule has 0 aliphatic carbocycles. The molecule has 84 valence electrons. The van der Waals surface area contributed by atoms with Crippen LogP contribution in [0.15, 0.2) is 0 Å². The summed E-state index contributed by atoms with van der Waals surface area (Å²) >= 11 is 0. The Hall–Kier alpha value is -0.290. The van der Waals surface area contributed by atoms with E-state index in [0.29, 0.717) is 19.0 Å². The first-order valence-corrected chi connectivity index (χ1v) is 4.97. The van der Waals surface area contributed by atoms with E-state index in [1.807, 2.05) is 13.8 Å². The van der Waals surface area contributed by atoms with Crippen LogP contribution in [0.25, 0.3) is 0 Å². The smallest absolute Gasteiger partial charge is 0.299 e. The molecule has 1 atom stereocenters. The van der Waals surface area contributed by atoms with Crippen molar-refractivity contribution >= 4 is 0 Å². The zero-order chi connectivity index (χ0) is 10.8. The number of nitrogens with zero attached hydrogens (tertiary/aromatic N) is 1. The van der Waals surface area contributed by atoms with Crippen LogP contribution >= 0.6 is 0 Å². The van der Waals surface area contributed by atoms with Gasteiger partial charge in [0, 0.05) is 18.6 Å². The Morgan fingerprint density at radius 1 is 1.36 bits per heavy atom. The summed E-state index contributed by atoms with van der Waals surface area (Å²) in [5.74, 6) is 0. The third-order valence-corrected chi connectivity index (χ3v) is 2.55. The number of piperidine rings is 1. The van der Waals surface area contributed by atoms with Crippen LogP contribution in [0.3, 0.4) is 0 Å². The van der Waals surface area contributed by atoms with Crippen LogP contribution in [0.5, 0.6) is 0 Å². The Kier molecular flexibility index (Phi) is 3.78. The largest absolute Gasteiger partial charge is 0.457 e. The van der Waals surface area contributed by atoms with Crippen molar-refractivity contribution in [2.24, 2.45) is 0 Å². The summed E-state index contributed by atoms with van der Waals surface area (Å²) in [7, 11) is 0. The van der Waals surface area contributed by atoms with Crippen molar-refractivity contribution in [1.82, 2.24) is 10.2 Å². The van der Waals surface area contributed by atoms with Gasteiger partial charge in [-0.3, -0.25) is 4.90 Å². The Balaban J connectivity index is 2.40. The molecule has 1 saturated heterocycles. The van der Waals surface area contributed by atoms with Crippen molar-refractivity contribution < 1.29 is 13.2 Å². The number of hydrogen-bond acceptors (Lipinski definition) is 2. The molecule has 5 heteroatoms. The maximum atomic E-state index is 12.0. The molecule has 0 saturated carbocycles. The van der Waals surface area contributed by atoms with E-state index in [1.54, 1.807) is 5.32 Å². The summed E-state index contributed by atoms with van der Waals surface area (Å²) < 4.78 is 36.1. The fourth-order valence-electron chi connectivity index (χ4n) is 1.82. The predicted molar refractivity (Wildman–Crippen MR) is 48.9 cm³/mol. The average molecular weight is 210 g/mol. The number of hydrogen-bond donors (Lipinski definition) is 1. The van der Waals surface area contributed by atoms with Gasteiger partial charge in [0.05, 0.1) is 0 Å². The summed E-state index contributed by atoms with van der Waals surface area (Å²) in [4.78, 5) is 2.08. The molecule has 0 aromatic heterocycles. The molecule has 1 N–H and O–H groups in total. The number of halogens is 3. The molecule has 1 aliphatic heterocycles. The van der Waals surface area contributed by atoms with Gasteiger partial charge in [-0.05, 0) is 33.2 Å². The molecule has 0 amide bonds. The van der Waals surface area contributed by atoms with Crippen LogP contribution in [-0.2, 0) is 0 Å². The minimum Gasteiger partial charge on any atom is -0.299 e. The highest BCUT2D eigenvalue weighted by atomic mass is 19.4. The summed E-state index contributed by atoms with van der Waals surface area (Å²) in [5, 5.41) is 1.70. The fraction of sp³-hybridized carbons (Fsp3) is 1.00. The summed E-state index contributed by atoms with van der Waals surface area (Å²) in [6.07, 6.45) is -2.79. The zero-order valence-electron chi connectivity index (χ0n) is 8.56. The molecule has 0 aromatic rings. The number of likely N-dealkylation sites (tertiary alicyclic amines) is 1. The van der Waals surface area contributed by atoms with Crippen molar-refractivity contribution in [3.8, 4) is 0 Å². The molecule has 1 fully saturated rings. The van der Waals surface area contributed by atoms with Gasteiger partial charge in [0.25, 0.3) is 0 Å². The van der Waals surface area contributed by atoms with E-state index in [4.69, 9.17) is 0 Å². The van der Waals surface area contributed by atoms with Gasteiger partial charge in [-0.15, -0.1) is 0 Å². The molecular formula is C9H17F3N2. The first-order chi connectivity index (χ1) is 6.38. The molecule has 2 nitrogen and oxygen atoms in total. The van der Waals surface area contributed by atoms with Crippen LogP contribution < -0.4 is 5.32 Å².